The summed E-state index contributed by atoms with van der Waals surface area (Å²) in [6.45, 7) is 0. The van der Waals surface area contributed by atoms with Crippen molar-refractivity contribution in [2.24, 2.45) is 0 Å². The van der Waals surface area contributed by atoms with E-state index in [9.17, 15) is 4.79 Å². The number of amides is 1. The highest BCUT2D eigenvalue weighted by Gasteiger charge is 2.11. The van der Waals surface area contributed by atoms with Crippen LogP contribution < -0.4 is 14.8 Å². The Kier molecular flexibility index (Phi) is 3.70. The van der Waals surface area contributed by atoms with E-state index in [-0.39, 0.29) is 5.91 Å². The van der Waals surface area contributed by atoms with Crippen molar-refractivity contribution in [1.82, 2.24) is 4.98 Å². The zero-order valence-electron chi connectivity index (χ0n) is 12.3. The number of ether oxygens (including phenoxy) is 2. The van der Waals surface area contributed by atoms with Crippen LogP contribution in [-0.2, 0) is 0 Å². The molecule has 0 bridgehead atoms. The fourth-order valence-corrected chi connectivity index (χ4v) is 2.30. The number of aromatic nitrogens is 1. The predicted octanol–water partition coefficient (Wildman–Crippen LogP) is 3.44. The average molecular weight is 296 g/mol. The van der Waals surface area contributed by atoms with Crippen molar-refractivity contribution in [2.45, 2.75) is 0 Å². The highest BCUT2D eigenvalue weighted by Crippen LogP contribution is 2.29. The number of rotatable bonds is 4. The SMILES string of the molecule is COc1ccc(OC)c(NC(=O)c2ccc3[nH]ccc3c2)c1. The smallest absolute Gasteiger partial charge is 0.255 e. The Bertz CT molecular complexity index is 824. The van der Waals surface area contributed by atoms with Crippen molar-refractivity contribution in [3.05, 3.63) is 54.2 Å². The van der Waals surface area contributed by atoms with Gasteiger partial charge in [0, 0.05) is 28.7 Å². The molecule has 0 saturated carbocycles. The third-order valence-electron chi connectivity index (χ3n) is 3.47. The molecular formula is C17H16N2O3. The summed E-state index contributed by atoms with van der Waals surface area (Å²) >= 11 is 0. The van der Waals surface area contributed by atoms with E-state index in [0.29, 0.717) is 22.7 Å². The summed E-state index contributed by atoms with van der Waals surface area (Å²) in [5.41, 5.74) is 2.15. The maximum Gasteiger partial charge on any atom is 0.255 e. The summed E-state index contributed by atoms with van der Waals surface area (Å²) in [7, 11) is 3.14. The fraction of sp³-hybridized carbons (Fsp3) is 0.118. The first-order valence-electron chi connectivity index (χ1n) is 6.82. The van der Waals surface area contributed by atoms with Crippen molar-refractivity contribution in [3.63, 3.8) is 0 Å². The second-order valence-corrected chi connectivity index (χ2v) is 4.80. The van der Waals surface area contributed by atoms with Gasteiger partial charge in [0.05, 0.1) is 19.9 Å². The molecule has 1 amide bonds. The molecule has 0 unspecified atom stereocenters. The van der Waals surface area contributed by atoms with Crippen LogP contribution in [0.25, 0.3) is 10.9 Å². The number of anilines is 1. The number of nitrogens with one attached hydrogen (secondary N) is 2. The lowest BCUT2D eigenvalue weighted by Crippen LogP contribution is -2.12. The Balaban J connectivity index is 1.89. The van der Waals surface area contributed by atoms with Gasteiger partial charge in [-0.05, 0) is 36.4 Å². The molecule has 0 aliphatic heterocycles. The van der Waals surface area contributed by atoms with Crippen LogP contribution in [0.3, 0.4) is 0 Å². The molecule has 1 aromatic heterocycles. The second kappa shape index (κ2) is 5.81. The minimum Gasteiger partial charge on any atom is -0.497 e. The van der Waals surface area contributed by atoms with Crippen LogP contribution in [0, 0.1) is 0 Å². The zero-order chi connectivity index (χ0) is 15.5. The molecular weight excluding hydrogens is 280 g/mol. The molecule has 0 atom stereocenters. The Morgan fingerprint density at radius 1 is 1.05 bits per heavy atom. The topological polar surface area (TPSA) is 63.4 Å². The molecule has 112 valence electrons. The molecule has 2 N–H and O–H groups in total. The van der Waals surface area contributed by atoms with Gasteiger partial charge >= 0.3 is 0 Å². The van der Waals surface area contributed by atoms with Gasteiger partial charge in [0.15, 0.2) is 0 Å². The molecule has 2 aromatic carbocycles. The molecule has 3 rings (SSSR count). The van der Waals surface area contributed by atoms with E-state index >= 15 is 0 Å². The van der Waals surface area contributed by atoms with E-state index in [1.165, 1.54) is 0 Å². The second-order valence-electron chi connectivity index (χ2n) is 4.80. The highest BCUT2D eigenvalue weighted by atomic mass is 16.5. The van der Waals surface area contributed by atoms with E-state index in [2.05, 4.69) is 10.3 Å². The third kappa shape index (κ3) is 2.61. The Morgan fingerprint density at radius 2 is 1.91 bits per heavy atom. The minimum atomic E-state index is -0.199. The molecule has 0 fully saturated rings. The number of hydrogen-bond donors (Lipinski definition) is 2. The molecule has 1 heterocycles. The van der Waals surface area contributed by atoms with Gasteiger partial charge in [0.25, 0.3) is 5.91 Å². The van der Waals surface area contributed by atoms with Gasteiger partial charge in [-0.25, -0.2) is 0 Å². The summed E-state index contributed by atoms with van der Waals surface area (Å²) in [5, 5.41) is 3.85. The maximum atomic E-state index is 12.4. The van der Waals surface area contributed by atoms with Crippen molar-refractivity contribution < 1.29 is 14.3 Å². The van der Waals surface area contributed by atoms with Crippen molar-refractivity contribution in [1.29, 1.82) is 0 Å². The maximum absolute atomic E-state index is 12.4. The standard InChI is InChI=1S/C17H16N2O3/c1-21-13-4-6-16(22-2)15(10-13)19-17(20)12-3-5-14-11(9-12)7-8-18-14/h3-10,18H,1-2H3,(H,19,20). The largest absolute Gasteiger partial charge is 0.497 e. The summed E-state index contributed by atoms with van der Waals surface area (Å²) in [6.07, 6.45) is 1.84. The molecule has 0 radical (unpaired) electrons. The van der Waals surface area contributed by atoms with E-state index < -0.39 is 0 Å². The number of H-pyrrole nitrogens is 1. The van der Waals surface area contributed by atoms with Crippen LogP contribution in [0.5, 0.6) is 11.5 Å². The number of benzene rings is 2. The first kappa shape index (κ1) is 14.0. The van der Waals surface area contributed by atoms with Crippen LogP contribution in [-0.4, -0.2) is 25.1 Å². The molecule has 0 saturated heterocycles. The average Bonchev–Trinajstić information content (AvgIpc) is 3.02. The number of aromatic amines is 1. The molecule has 3 aromatic rings. The lowest BCUT2D eigenvalue weighted by atomic mass is 10.1. The summed E-state index contributed by atoms with van der Waals surface area (Å²) in [5.74, 6) is 1.03. The van der Waals surface area contributed by atoms with Gasteiger partial charge < -0.3 is 19.8 Å². The molecule has 5 heteroatoms. The predicted molar refractivity (Wildman–Crippen MR) is 85.8 cm³/mol. The normalized spacial score (nSPS) is 10.5. The monoisotopic (exact) mass is 296 g/mol. The summed E-state index contributed by atoms with van der Waals surface area (Å²) in [4.78, 5) is 15.5. The van der Waals surface area contributed by atoms with Gasteiger partial charge in [0.2, 0.25) is 0 Å². The minimum absolute atomic E-state index is 0.199. The Hall–Kier alpha value is -2.95. The van der Waals surface area contributed by atoms with Gasteiger partial charge in [0.1, 0.15) is 11.5 Å². The Labute approximate surface area is 127 Å². The quantitative estimate of drug-likeness (QED) is 0.775. The summed E-state index contributed by atoms with van der Waals surface area (Å²) < 4.78 is 10.4. The van der Waals surface area contributed by atoms with E-state index in [4.69, 9.17) is 9.47 Å². The first-order valence-corrected chi connectivity index (χ1v) is 6.82. The van der Waals surface area contributed by atoms with Crippen molar-refractivity contribution in [3.8, 4) is 11.5 Å². The lowest BCUT2D eigenvalue weighted by Gasteiger charge is -2.11. The van der Waals surface area contributed by atoms with Crippen LogP contribution in [0.15, 0.2) is 48.7 Å². The molecule has 5 nitrogen and oxygen atoms in total. The van der Waals surface area contributed by atoms with E-state index in [0.717, 1.165) is 10.9 Å². The number of carbonyl (C=O) groups is 1. The number of hydrogen-bond acceptors (Lipinski definition) is 3. The van der Waals surface area contributed by atoms with Crippen molar-refractivity contribution in [2.75, 3.05) is 19.5 Å². The first-order chi connectivity index (χ1) is 10.7. The van der Waals surface area contributed by atoms with Crippen LogP contribution in [0.4, 0.5) is 5.69 Å². The van der Waals surface area contributed by atoms with Gasteiger partial charge in [-0.1, -0.05) is 0 Å². The van der Waals surface area contributed by atoms with Gasteiger partial charge in [-0.3, -0.25) is 4.79 Å². The molecule has 22 heavy (non-hydrogen) atoms. The van der Waals surface area contributed by atoms with E-state index in [1.54, 1.807) is 38.5 Å². The number of fused-ring (bicyclic) bond motifs is 1. The molecule has 0 aliphatic rings. The Morgan fingerprint density at radius 3 is 2.68 bits per heavy atom. The number of carbonyl (C=O) groups excluding carboxylic acids is 1. The van der Waals surface area contributed by atoms with Crippen molar-refractivity contribution >= 4 is 22.5 Å². The highest BCUT2D eigenvalue weighted by molar-refractivity contribution is 6.07. The summed E-state index contributed by atoms with van der Waals surface area (Å²) in [6, 6.07) is 12.7. The van der Waals surface area contributed by atoms with Gasteiger partial charge in [-0.15, -0.1) is 0 Å². The van der Waals surface area contributed by atoms with Gasteiger partial charge in [-0.2, -0.15) is 0 Å². The van der Waals surface area contributed by atoms with Crippen LogP contribution in [0.1, 0.15) is 10.4 Å². The molecule has 0 spiro atoms. The van der Waals surface area contributed by atoms with Crippen LogP contribution >= 0.6 is 0 Å². The zero-order valence-corrected chi connectivity index (χ0v) is 12.3. The number of methoxy groups -OCH3 is 2. The lowest BCUT2D eigenvalue weighted by molar-refractivity contribution is 0.102. The third-order valence-corrected chi connectivity index (χ3v) is 3.47. The van der Waals surface area contributed by atoms with Crippen LogP contribution in [0.2, 0.25) is 0 Å². The van der Waals surface area contributed by atoms with E-state index in [1.807, 2.05) is 24.4 Å². The fourth-order valence-electron chi connectivity index (χ4n) is 2.30. The molecule has 0 aliphatic carbocycles.